The Morgan fingerprint density at radius 2 is 2.39 bits per heavy atom. The molecule has 1 aliphatic rings. The number of rotatable bonds is 4. The zero-order chi connectivity index (χ0) is 16.4. The van der Waals surface area contributed by atoms with Crippen LogP contribution >= 0.6 is 11.5 Å². The summed E-state index contributed by atoms with van der Waals surface area (Å²) in [5.74, 6) is -0.690. The van der Waals surface area contributed by atoms with Gasteiger partial charge in [0.15, 0.2) is 0 Å². The predicted octanol–water partition coefficient (Wildman–Crippen LogP) is 1.81. The molecule has 0 saturated carbocycles. The molecule has 1 aromatic heterocycles. The van der Waals surface area contributed by atoms with Crippen molar-refractivity contribution in [2.24, 2.45) is 0 Å². The first kappa shape index (κ1) is 15.3. The highest BCUT2D eigenvalue weighted by molar-refractivity contribution is 7.09. The van der Waals surface area contributed by atoms with E-state index in [1.807, 2.05) is 0 Å². The monoisotopic (exact) mass is 336 g/mol. The van der Waals surface area contributed by atoms with Crippen LogP contribution in [0.25, 0.3) is 10.6 Å². The third-order valence-electron chi connectivity index (χ3n) is 3.31. The van der Waals surface area contributed by atoms with E-state index in [1.165, 1.54) is 24.2 Å². The number of aromatic nitrogens is 2. The van der Waals surface area contributed by atoms with Gasteiger partial charge in [-0.25, -0.2) is 14.2 Å². The number of ether oxygens (including phenoxy) is 1. The van der Waals surface area contributed by atoms with Gasteiger partial charge in [-0.15, -0.1) is 0 Å². The number of anilines is 1. The van der Waals surface area contributed by atoms with Gasteiger partial charge >= 0.3 is 6.09 Å². The van der Waals surface area contributed by atoms with Gasteiger partial charge in [-0.2, -0.15) is 4.37 Å². The predicted molar refractivity (Wildman–Crippen MR) is 81.6 cm³/mol. The quantitative estimate of drug-likeness (QED) is 0.920. The van der Waals surface area contributed by atoms with Crippen molar-refractivity contribution >= 4 is 29.2 Å². The largest absolute Gasteiger partial charge is 0.442 e. The second-order valence-electron chi connectivity index (χ2n) is 4.96. The third-order valence-corrected chi connectivity index (χ3v) is 4.01. The highest BCUT2D eigenvalue weighted by atomic mass is 32.1. The summed E-state index contributed by atoms with van der Waals surface area (Å²) in [5.41, 5.74) is 0.727. The molecule has 1 aromatic carbocycles. The first-order chi connectivity index (χ1) is 11.0. The summed E-state index contributed by atoms with van der Waals surface area (Å²) in [6.45, 7) is 1.86. The van der Waals surface area contributed by atoms with Crippen molar-refractivity contribution in [1.82, 2.24) is 14.7 Å². The lowest BCUT2D eigenvalue weighted by molar-refractivity contribution is -0.119. The van der Waals surface area contributed by atoms with E-state index >= 15 is 0 Å². The van der Waals surface area contributed by atoms with Gasteiger partial charge in [-0.1, -0.05) is 0 Å². The molecule has 1 unspecified atom stereocenters. The van der Waals surface area contributed by atoms with Crippen molar-refractivity contribution in [2.45, 2.75) is 13.0 Å². The Kier molecular flexibility index (Phi) is 4.20. The molecule has 2 heterocycles. The Bertz CT molecular complexity index is 738. The summed E-state index contributed by atoms with van der Waals surface area (Å²) >= 11 is 1.09. The summed E-state index contributed by atoms with van der Waals surface area (Å²) in [7, 11) is 0. The van der Waals surface area contributed by atoms with E-state index in [2.05, 4.69) is 14.7 Å². The number of nitrogens with one attached hydrogen (secondary N) is 1. The Hall–Kier alpha value is -2.55. The maximum Gasteiger partial charge on any atom is 0.414 e. The minimum atomic E-state index is -0.566. The SMILES string of the molecule is CC(=O)NCC1CN(c2ccc(-c3ncns3)c(F)c2)C(=O)O1. The highest BCUT2D eigenvalue weighted by Crippen LogP contribution is 2.29. The molecule has 1 saturated heterocycles. The average Bonchev–Trinajstić information content (AvgIpc) is 3.14. The normalized spacial score (nSPS) is 17.2. The molecule has 1 N–H and O–H groups in total. The van der Waals surface area contributed by atoms with E-state index in [9.17, 15) is 14.0 Å². The van der Waals surface area contributed by atoms with Crippen molar-refractivity contribution in [3.8, 4) is 10.6 Å². The van der Waals surface area contributed by atoms with E-state index in [0.29, 0.717) is 16.3 Å². The van der Waals surface area contributed by atoms with Crippen LogP contribution in [0.1, 0.15) is 6.92 Å². The van der Waals surface area contributed by atoms with Gasteiger partial charge in [0.05, 0.1) is 18.8 Å². The van der Waals surface area contributed by atoms with Gasteiger partial charge in [0.25, 0.3) is 0 Å². The fourth-order valence-corrected chi connectivity index (χ4v) is 2.79. The van der Waals surface area contributed by atoms with E-state index in [-0.39, 0.29) is 19.0 Å². The van der Waals surface area contributed by atoms with Crippen LogP contribution in [-0.2, 0) is 9.53 Å². The first-order valence-electron chi connectivity index (χ1n) is 6.84. The molecule has 23 heavy (non-hydrogen) atoms. The molecule has 3 rings (SSSR count). The van der Waals surface area contributed by atoms with E-state index in [1.54, 1.807) is 12.1 Å². The Morgan fingerprint density at radius 1 is 1.57 bits per heavy atom. The van der Waals surface area contributed by atoms with Gasteiger partial charge in [-0.05, 0) is 29.7 Å². The first-order valence-corrected chi connectivity index (χ1v) is 7.61. The van der Waals surface area contributed by atoms with Gasteiger partial charge < -0.3 is 10.1 Å². The Balaban J connectivity index is 1.76. The lowest BCUT2D eigenvalue weighted by Crippen LogP contribution is -2.33. The number of halogens is 1. The molecular formula is C14H13FN4O3S. The number of amides is 2. The van der Waals surface area contributed by atoms with Crippen molar-refractivity contribution in [2.75, 3.05) is 18.0 Å². The molecule has 9 heteroatoms. The zero-order valence-corrected chi connectivity index (χ0v) is 13.0. The van der Waals surface area contributed by atoms with E-state index in [4.69, 9.17) is 4.74 Å². The van der Waals surface area contributed by atoms with Crippen LogP contribution in [0.5, 0.6) is 0 Å². The second kappa shape index (κ2) is 6.29. The van der Waals surface area contributed by atoms with Crippen LogP contribution in [0, 0.1) is 5.82 Å². The van der Waals surface area contributed by atoms with Gasteiger partial charge in [0, 0.05) is 12.5 Å². The molecule has 120 valence electrons. The number of cyclic esters (lactones) is 1. The van der Waals surface area contributed by atoms with Gasteiger partial charge in [0.2, 0.25) is 5.91 Å². The van der Waals surface area contributed by atoms with E-state index in [0.717, 1.165) is 11.5 Å². The molecule has 0 aliphatic carbocycles. The van der Waals surface area contributed by atoms with E-state index < -0.39 is 18.0 Å². The molecule has 0 bridgehead atoms. The topological polar surface area (TPSA) is 84.4 Å². The number of nitrogens with zero attached hydrogens (tertiary/aromatic N) is 3. The number of carbonyl (C=O) groups excluding carboxylic acids is 2. The smallest absolute Gasteiger partial charge is 0.414 e. The number of carbonyl (C=O) groups is 2. The maximum absolute atomic E-state index is 14.2. The Labute approximate surface area is 135 Å². The lowest BCUT2D eigenvalue weighted by atomic mass is 10.2. The summed E-state index contributed by atoms with van der Waals surface area (Å²) in [6, 6.07) is 4.44. The number of hydrogen-bond donors (Lipinski definition) is 1. The van der Waals surface area contributed by atoms with Crippen LogP contribution in [0.15, 0.2) is 24.5 Å². The number of hydrogen-bond acceptors (Lipinski definition) is 6. The minimum absolute atomic E-state index is 0.202. The summed E-state index contributed by atoms with van der Waals surface area (Å²) in [4.78, 5) is 28.1. The van der Waals surface area contributed by atoms with Crippen LogP contribution in [0.3, 0.4) is 0 Å². The average molecular weight is 336 g/mol. The summed E-state index contributed by atoms with van der Waals surface area (Å²) in [6.07, 6.45) is 0.332. The highest BCUT2D eigenvalue weighted by Gasteiger charge is 2.32. The Morgan fingerprint density at radius 3 is 3.04 bits per heavy atom. The fraction of sp³-hybridized carbons (Fsp3) is 0.286. The maximum atomic E-state index is 14.2. The molecule has 2 amide bonds. The molecular weight excluding hydrogens is 323 g/mol. The summed E-state index contributed by atoms with van der Waals surface area (Å²) in [5, 5.41) is 3.06. The van der Waals surface area contributed by atoms with Crippen LogP contribution in [0.4, 0.5) is 14.9 Å². The molecule has 0 spiro atoms. The van der Waals surface area contributed by atoms with Crippen LogP contribution in [0.2, 0.25) is 0 Å². The third kappa shape index (κ3) is 3.29. The van der Waals surface area contributed by atoms with Crippen LogP contribution < -0.4 is 10.2 Å². The lowest BCUT2D eigenvalue weighted by Gasteiger charge is -2.14. The van der Waals surface area contributed by atoms with Crippen molar-refractivity contribution in [3.63, 3.8) is 0 Å². The molecule has 1 aliphatic heterocycles. The second-order valence-corrected chi connectivity index (χ2v) is 5.74. The fourth-order valence-electron chi connectivity index (χ4n) is 2.23. The van der Waals surface area contributed by atoms with Crippen molar-refractivity contribution in [1.29, 1.82) is 0 Å². The van der Waals surface area contributed by atoms with Crippen molar-refractivity contribution in [3.05, 3.63) is 30.3 Å². The van der Waals surface area contributed by atoms with Gasteiger partial charge in [0.1, 0.15) is 23.3 Å². The molecule has 1 atom stereocenters. The van der Waals surface area contributed by atoms with Crippen LogP contribution in [-0.4, -0.2) is 40.6 Å². The minimum Gasteiger partial charge on any atom is -0.442 e. The summed E-state index contributed by atoms with van der Waals surface area (Å²) < 4.78 is 23.2. The molecule has 0 radical (unpaired) electrons. The number of benzene rings is 1. The molecule has 2 aromatic rings. The standard InChI is InChI=1S/C14H13FN4O3S/c1-8(20)16-5-10-6-19(14(21)22-10)9-2-3-11(12(15)4-9)13-17-7-18-23-13/h2-4,7,10H,5-6H2,1H3,(H,16,20). The zero-order valence-electron chi connectivity index (χ0n) is 12.2. The van der Waals surface area contributed by atoms with Crippen molar-refractivity contribution < 1.29 is 18.7 Å². The molecule has 1 fully saturated rings. The molecule has 7 nitrogen and oxygen atoms in total. The van der Waals surface area contributed by atoms with Gasteiger partial charge in [-0.3, -0.25) is 9.69 Å².